The summed E-state index contributed by atoms with van der Waals surface area (Å²) in [6, 6.07) is 0. The van der Waals surface area contributed by atoms with E-state index in [2.05, 4.69) is 24.3 Å². The number of ketones is 2. The van der Waals surface area contributed by atoms with Crippen LogP contribution in [0.5, 0.6) is 0 Å². The number of carbonyl (C=O) groups is 2. The summed E-state index contributed by atoms with van der Waals surface area (Å²) in [6.07, 6.45) is 14.8. The average molecular weight is 469 g/mol. The Morgan fingerprint density at radius 2 is 1.06 bits per heavy atom. The minimum absolute atomic E-state index is 0.0529. The van der Waals surface area contributed by atoms with E-state index in [0.29, 0.717) is 23.4 Å². The van der Waals surface area contributed by atoms with E-state index in [-0.39, 0.29) is 47.1 Å². The van der Waals surface area contributed by atoms with Gasteiger partial charge in [-0.2, -0.15) is 0 Å². The number of hydrogen-bond acceptors (Lipinski definition) is 6. The third-order valence-electron chi connectivity index (χ3n) is 9.99. The molecule has 0 aromatic carbocycles. The number of hydrogen-bond donors (Lipinski definition) is 0. The van der Waals surface area contributed by atoms with Crippen molar-refractivity contribution in [1.29, 1.82) is 0 Å². The molecular weight excluding hydrogens is 432 g/mol. The molecule has 6 fully saturated rings. The van der Waals surface area contributed by atoms with Crippen LogP contribution in [-0.2, 0) is 28.5 Å². The lowest BCUT2D eigenvalue weighted by atomic mass is 9.79. The van der Waals surface area contributed by atoms with Crippen molar-refractivity contribution in [2.24, 2.45) is 34.5 Å². The van der Waals surface area contributed by atoms with Crippen molar-refractivity contribution in [2.45, 2.75) is 102 Å². The van der Waals surface area contributed by atoms with Crippen LogP contribution >= 0.6 is 0 Å². The molecule has 0 unspecified atom stereocenters. The Morgan fingerprint density at radius 1 is 0.647 bits per heavy atom. The second kappa shape index (κ2) is 6.70. The van der Waals surface area contributed by atoms with Crippen molar-refractivity contribution < 1.29 is 28.5 Å². The number of Topliss-reactive ketones (excluding diaryl/α,β-unsaturated/α-hetero) is 2. The maximum absolute atomic E-state index is 12.0. The van der Waals surface area contributed by atoms with E-state index in [1.165, 1.54) is 0 Å². The van der Waals surface area contributed by atoms with Crippen molar-refractivity contribution in [1.82, 2.24) is 0 Å². The predicted molar refractivity (Wildman–Crippen MR) is 122 cm³/mol. The minimum Gasteiger partial charge on any atom is -0.344 e. The molecule has 2 saturated heterocycles. The zero-order chi connectivity index (χ0) is 23.7. The molecule has 0 aromatic heterocycles. The van der Waals surface area contributed by atoms with Gasteiger partial charge in [-0.1, -0.05) is 24.3 Å². The summed E-state index contributed by atoms with van der Waals surface area (Å²) in [7, 11) is 0. The van der Waals surface area contributed by atoms with Crippen LogP contribution in [0.1, 0.15) is 66.2 Å². The molecule has 2 heterocycles. The Kier molecular flexibility index (Phi) is 4.31. The number of carbonyl (C=O) groups excluding carboxylic acids is 2. The van der Waals surface area contributed by atoms with E-state index in [9.17, 15) is 9.59 Å². The van der Waals surface area contributed by atoms with Gasteiger partial charge in [0.05, 0.1) is 12.2 Å². The van der Waals surface area contributed by atoms with Gasteiger partial charge in [0, 0.05) is 35.5 Å². The number of allylic oxidation sites excluding steroid dienone is 2. The third kappa shape index (κ3) is 2.77. The molecule has 0 amide bonds. The van der Waals surface area contributed by atoms with Crippen LogP contribution in [0.15, 0.2) is 24.3 Å². The van der Waals surface area contributed by atoms with Crippen LogP contribution in [0.3, 0.4) is 0 Å². The lowest BCUT2D eigenvalue weighted by Crippen LogP contribution is -2.38. The van der Waals surface area contributed by atoms with Gasteiger partial charge in [-0.25, -0.2) is 0 Å². The number of ether oxygens (including phenoxy) is 4. The Balaban J connectivity index is 0.000000118. The van der Waals surface area contributed by atoms with Gasteiger partial charge in [0.15, 0.2) is 11.6 Å². The SMILES string of the molecule is CC1(C)O[C@H]2C=C[C@@H]3[C@H]4C(=O)CCC[C@@]34[C@H]2O1.CC1(C)O[C@H]2C=C[C@@H]3[C@H]4C(=O)CCC[C@@]34[C@H]2O1. The normalized spacial score (nSPS) is 53.9. The summed E-state index contributed by atoms with van der Waals surface area (Å²) in [6.45, 7) is 7.86. The van der Waals surface area contributed by atoms with E-state index < -0.39 is 11.6 Å². The molecule has 184 valence electrons. The highest BCUT2D eigenvalue weighted by atomic mass is 16.8. The first-order valence-electron chi connectivity index (χ1n) is 13.2. The molecule has 10 atom stereocenters. The van der Waals surface area contributed by atoms with Gasteiger partial charge in [-0.15, -0.1) is 0 Å². The van der Waals surface area contributed by atoms with Gasteiger partial charge in [0.2, 0.25) is 0 Å². The van der Waals surface area contributed by atoms with Crippen molar-refractivity contribution in [3.63, 3.8) is 0 Å². The van der Waals surface area contributed by atoms with Crippen LogP contribution < -0.4 is 0 Å². The van der Waals surface area contributed by atoms with Crippen molar-refractivity contribution in [3.8, 4) is 0 Å². The predicted octanol–water partition coefficient (Wildman–Crippen LogP) is 4.12. The Bertz CT molecular complexity index is 930. The van der Waals surface area contributed by atoms with Gasteiger partial charge in [0.1, 0.15) is 23.8 Å². The fourth-order valence-corrected chi connectivity index (χ4v) is 8.82. The first-order chi connectivity index (χ1) is 16.1. The fourth-order valence-electron chi connectivity index (χ4n) is 8.82. The molecule has 8 rings (SSSR count). The van der Waals surface area contributed by atoms with Crippen molar-refractivity contribution in [2.75, 3.05) is 0 Å². The highest BCUT2D eigenvalue weighted by molar-refractivity contribution is 5.88. The van der Waals surface area contributed by atoms with E-state index in [1.807, 2.05) is 27.7 Å². The van der Waals surface area contributed by atoms with Crippen LogP contribution in [0.25, 0.3) is 0 Å². The summed E-state index contributed by atoms with van der Waals surface area (Å²) < 4.78 is 24.0. The first kappa shape index (κ1) is 21.9. The largest absolute Gasteiger partial charge is 0.344 e. The zero-order valence-electron chi connectivity index (χ0n) is 20.6. The first-order valence-corrected chi connectivity index (χ1v) is 13.2. The maximum atomic E-state index is 12.0. The molecular formula is C28H36O6. The lowest BCUT2D eigenvalue weighted by molar-refractivity contribution is -0.153. The van der Waals surface area contributed by atoms with Crippen LogP contribution in [0.4, 0.5) is 0 Å². The maximum Gasteiger partial charge on any atom is 0.164 e. The molecule has 0 bridgehead atoms. The summed E-state index contributed by atoms with van der Waals surface area (Å²) >= 11 is 0. The summed E-state index contributed by atoms with van der Waals surface area (Å²) in [4.78, 5) is 24.0. The molecule has 6 heteroatoms. The molecule has 2 spiro atoms. The molecule has 0 N–H and O–H groups in total. The fraction of sp³-hybridized carbons (Fsp3) is 0.786. The molecule has 6 aliphatic carbocycles. The Morgan fingerprint density at radius 3 is 1.47 bits per heavy atom. The lowest BCUT2D eigenvalue weighted by Gasteiger charge is -2.31. The van der Waals surface area contributed by atoms with Crippen LogP contribution in [-0.4, -0.2) is 47.6 Å². The standard InChI is InChI=1S/2C14H18O3/c2*1-13(2)16-10-6-5-8-11-9(15)4-3-7-14(8,11)12(10)17-13/h2*5-6,8,10-12H,3-4,7H2,1-2H3/t2*8-,10+,11+,12+,14-/m11/s1. The molecule has 6 nitrogen and oxygen atoms in total. The monoisotopic (exact) mass is 468 g/mol. The second-order valence-corrected chi connectivity index (χ2v) is 12.7. The number of rotatable bonds is 0. The second-order valence-electron chi connectivity index (χ2n) is 12.7. The van der Waals surface area contributed by atoms with Gasteiger partial charge < -0.3 is 18.9 Å². The minimum atomic E-state index is -0.503. The average Bonchev–Trinajstić information content (AvgIpc) is 3.56. The zero-order valence-corrected chi connectivity index (χ0v) is 20.6. The van der Waals surface area contributed by atoms with Crippen LogP contribution in [0, 0.1) is 34.5 Å². The number of fused-ring (bicyclic) bond motifs is 4. The van der Waals surface area contributed by atoms with E-state index in [4.69, 9.17) is 18.9 Å². The van der Waals surface area contributed by atoms with E-state index in [0.717, 1.165) is 38.5 Å². The highest BCUT2D eigenvalue weighted by Crippen LogP contribution is 2.72. The topological polar surface area (TPSA) is 71.1 Å². The van der Waals surface area contributed by atoms with Crippen LogP contribution in [0.2, 0.25) is 0 Å². The van der Waals surface area contributed by atoms with E-state index in [1.54, 1.807) is 0 Å². The van der Waals surface area contributed by atoms with Gasteiger partial charge in [0.25, 0.3) is 0 Å². The molecule has 0 aromatic rings. The molecule has 2 aliphatic heterocycles. The third-order valence-corrected chi connectivity index (χ3v) is 9.99. The Labute approximate surface area is 201 Å². The molecule has 0 radical (unpaired) electrons. The molecule has 4 saturated carbocycles. The van der Waals surface area contributed by atoms with Crippen molar-refractivity contribution in [3.05, 3.63) is 24.3 Å². The van der Waals surface area contributed by atoms with Gasteiger partial charge in [-0.05, 0) is 65.2 Å². The molecule has 8 aliphatic rings. The summed E-state index contributed by atoms with van der Waals surface area (Å²) in [5.41, 5.74) is 0.172. The van der Waals surface area contributed by atoms with Crippen molar-refractivity contribution >= 4 is 11.6 Å². The highest BCUT2D eigenvalue weighted by Gasteiger charge is 2.76. The van der Waals surface area contributed by atoms with E-state index >= 15 is 0 Å². The summed E-state index contributed by atoms with van der Waals surface area (Å²) in [5.74, 6) is 1.18. The smallest absolute Gasteiger partial charge is 0.164 e. The van der Waals surface area contributed by atoms with Gasteiger partial charge >= 0.3 is 0 Å². The summed E-state index contributed by atoms with van der Waals surface area (Å²) in [5, 5.41) is 0. The Hall–Kier alpha value is -1.34. The quantitative estimate of drug-likeness (QED) is 0.498. The van der Waals surface area contributed by atoms with Gasteiger partial charge in [-0.3, -0.25) is 9.59 Å². The molecule has 34 heavy (non-hydrogen) atoms.